The van der Waals surface area contributed by atoms with Crippen molar-refractivity contribution in [2.24, 2.45) is 5.92 Å². The fraction of sp³-hybridized carbons (Fsp3) is 0.593. The molecule has 1 aliphatic rings. The Labute approximate surface area is 214 Å². The van der Waals surface area contributed by atoms with Crippen molar-refractivity contribution in [1.29, 1.82) is 0 Å². The van der Waals surface area contributed by atoms with E-state index in [9.17, 15) is 14.0 Å². The molecule has 1 fully saturated rings. The molecule has 0 N–H and O–H groups in total. The number of ether oxygens (including phenoxy) is 1. The molecule has 36 heavy (non-hydrogen) atoms. The lowest BCUT2D eigenvalue weighted by Crippen LogP contribution is -2.45. The lowest BCUT2D eigenvalue weighted by molar-refractivity contribution is -0.145. The number of piperazine rings is 1. The molecular formula is C27H40FN5O3. The molecule has 9 heteroatoms. The Morgan fingerprint density at radius 2 is 1.89 bits per heavy atom. The van der Waals surface area contributed by atoms with E-state index in [1.165, 1.54) is 12.1 Å². The molecule has 198 valence electrons. The second-order valence-electron chi connectivity index (χ2n) is 9.87. The van der Waals surface area contributed by atoms with Crippen LogP contribution in [0.25, 0.3) is 5.69 Å². The number of rotatable bonds is 11. The lowest BCUT2D eigenvalue weighted by atomic mass is 10.1. The number of benzene rings is 1. The number of halogens is 1. The summed E-state index contributed by atoms with van der Waals surface area (Å²) in [4.78, 5) is 31.5. The third-order valence-electron chi connectivity index (χ3n) is 6.54. The molecule has 8 nitrogen and oxygen atoms in total. The fourth-order valence-electron chi connectivity index (χ4n) is 4.36. The summed E-state index contributed by atoms with van der Waals surface area (Å²) in [5, 5.41) is 4.80. The van der Waals surface area contributed by atoms with Crippen molar-refractivity contribution < 1.29 is 18.7 Å². The van der Waals surface area contributed by atoms with Crippen molar-refractivity contribution in [3.05, 3.63) is 41.3 Å². The summed E-state index contributed by atoms with van der Waals surface area (Å²) in [6.45, 7) is 12.7. The Morgan fingerprint density at radius 3 is 2.53 bits per heavy atom. The monoisotopic (exact) mass is 501 g/mol. The summed E-state index contributed by atoms with van der Waals surface area (Å²) < 4.78 is 21.0. The van der Waals surface area contributed by atoms with Crippen molar-refractivity contribution in [2.45, 2.75) is 53.5 Å². The second kappa shape index (κ2) is 12.9. The number of anilines is 1. The number of aryl methyl sites for hydroxylation is 1. The molecular weight excluding hydrogens is 461 g/mol. The molecule has 0 aliphatic carbocycles. The Bertz CT molecular complexity index is 1030. The number of carbonyl (C=O) groups excluding carboxylic acids is 2. The second-order valence-corrected chi connectivity index (χ2v) is 9.87. The highest BCUT2D eigenvalue weighted by molar-refractivity contribution is 5.81. The molecule has 2 aromatic rings. The van der Waals surface area contributed by atoms with E-state index in [2.05, 4.69) is 30.7 Å². The van der Waals surface area contributed by atoms with E-state index in [1.54, 1.807) is 13.0 Å². The van der Waals surface area contributed by atoms with Crippen LogP contribution in [0.4, 0.5) is 10.2 Å². The van der Waals surface area contributed by atoms with Crippen LogP contribution in [0.15, 0.2) is 24.3 Å². The quantitative estimate of drug-likeness (QED) is 0.437. The molecule has 1 amide bonds. The van der Waals surface area contributed by atoms with E-state index in [-0.39, 0.29) is 30.5 Å². The first-order valence-corrected chi connectivity index (χ1v) is 12.9. The maximum absolute atomic E-state index is 14.1. The van der Waals surface area contributed by atoms with E-state index in [1.807, 2.05) is 22.6 Å². The third-order valence-corrected chi connectivity index (χ3v) is 6.54. The summed E-state index contributed by atoms with van der Waals surface area (Å²) in [7, 11) is 2.10. The van der Waals surface area contributed by atoms with E-state index < -0.39 is 0 Å². The lowest BCUT2D eigenvalue weighted by Gasteiger charge is -2.35. The highest BCUT2D eigenvalue weighted by Crippen LogP contribution is 2.30. The number of aromatic nitrogens is 2. The zero-order chi connectivity index (χ0) is 26.2. The average Bonchev–Trinajstić information content (AvgIpc) is 3.16. The van der Waals surface area contributed by atoms with Crippen LogP contribution in [-0.4, -0.2) is 77.8 Å². The first-order chi connectivity index (χ1) is 17.2. The van der Waals surface area contributed by atoms with Crippen molar-refractivity contribution in [1.82, 2.24) is 19.6 Å². The standard InChI is InChI=1S/C27H40FN5O3/c1-6-36-26(35)11-10-25(34)32(13-12-20(2)3)19-24-21(4)29-33(23-9-7-8-22(28)18-23)27(24)31-16-14-30(5)15-17-31/h7-9,18,20H,6,10-17,19H2,1-5H3. The third kappa shape index (κ3) is 7.29. The number of esters is 1. The Balaban J connectivity index is 1.95. The molecule has 0 atom stereocenters. The van der Waals surface area contributed by atoms with Crippen molar-refractivity contribution >= 4 is 17.7 Å². The first kappa shape index (κ1) is 27.6. The molecule has 1 aromatic heterocycles. The summed E-state index contributed by atoms with van der Waals surface area (Å²) in [5.74, 6) is 0.575. The van der Waals surface area contributed by atoms with E-state index in [0.717, 1.165) is 49.7 Å². The zero-order valence-electron chi connectivity index (χ0n) is 22.3. The largest absolute Gasteiger partial charge is 0.466 e. The van der Waals surface area contributed by atoms with E-state index in [0.29, 0.717) is 31.3 Å². The summed E-state index contributed by atoms with van der Waals surface area (Å²) >= 11 is 0. The SMILES string of the molecule is CCOC(=O)CCC(=O)N(CCC(C)C)Cc1c(C)nn(-c2cccc(F)c2)c1N1CCN(C)CC1. The molecule has 2 heterocycles. The van der Waals surface area contributed by atoms with E-state index >= 15 is 0 Å². The number of likely N-dealkylation sites (N-methyl/N-ethyl adjacent to an activating group) is 1. The zero-order valence-corrected chi connectivity index (χ0v) is 22.3. The predicted molar refractivity (Wildman–Crippen MR) is 139 cm³/mol. The summed E-state index contributed by atoms with van der Waals surface area (Å²) in [5.41, 5.74) is 2.42. The minimum atomic E-state index is -0.358. The van der Waals surface area contributed by atoms with Crippen LogP contribution in [0.3, 0.4) is 0 Å². The van der Waals surface area contributed by atoms with Gasteiger partial charge in [0.2, 0.25) is 5.91 Å². The van der Waals surface area contributed by atoms with Gasteiger partial charge in [-0.25, -0.2) is 9.07 Å². The fourth-order valence-corrected chi connectivity index (χ4v) is 4.36. The van der Waals surface area contributed by atoms with Crippen LogP contribution < -0.4 is 4.90 Å². The highest BCUT2D eigenvalue weighted by Gasteiger charge is 2.27. The highest BCUT2D eigenvalue weighted by atomic mass is 19.1. The molecule has 0 radical (unpaired) electrons. The van der Waals surface area contributed by atoms with Gasteiger partial charge in [0.1, 0.15) is 11.6 Å². The van der Waals surface area contributed by atoms with Gasteiger partial charge in [-0.2, -0.15) is 5.10 Å². The van der Waals surface area contributed by atoms with Gasteiger partial charge in [-0.1, -0.05) is 19.9 Å². The van der Waals surface area contributed by atoms with Crippen molar-refractivity contribution in [3.63, 3.8) is 0 Å². The van der Waals surface area contributed by atoms with Crippen LogP contribution in [0.1, 0.15) is 51.3 Å². The molecule has 0 spiro atoms. The van der Waals surface area contributed by atoms with Crippen molar-refractivity contribution in [2.75, 3.05) is 51.3 Å². The minimum Gasteiger partial charge on any atom is -0.466 e. The van der Waals surface area contributed by atoms with Gasteiger partial charge in [0.15, 0.2) is 0 Å². The molecule has 0 unspecified atom stereocenters. The Hall–Kier alpha value is -2.94. The average molecular weight is 502 g/mol. The van der Waals surface area contributed by atoms with Gasteiger partial charge in [0.25, 0.3) is 0 Å². The molecule has 1 saturated heterocycles. The molecule has 3 rings (SSSR count). The Kier molecular flexibility index (Phi) is 9.87. The van der Waals surface area contributed by atoms with Gasteiger partial charge in [0, 0.05) is 44.7 Å². The molecule has 0 bridgehead atoms. The molecule has 1 aliphatic heterocycles. The predicted octanol–water partition coefficient (Wildman–Crippen LogP) is 3.79. The van der Waals surface area contributed by atoms with Gasteiger partial charge in [0.05, 0.1) is 31.0 Å². The summed E-state index contributed by atoms with van der Waals surface area (Å²) in [6, 6.07) is 6.44. The molecule has 0 saturated carbocycles. The number of hydrogen-bond acceptors (Lipinski definition) is 6. The van der Waals surface area contributed by atoms with Crippen LogP contribution in [0.5, 0.6) is 0 Å². The summed E-state index contributed by atoms with van der Waals surface area (Å²) in [6.07, 6.45) is 1.03. The van der Waals surface area contributed by atoms with Gasteiger partial charge in [-0.15, -0.1) is 0 Å². The van der Waals surface area contributed by atoms with Gasteiger partial charge in [-0.05, 0) is 51.4 Å². The topological polar surface area (TPSA) is 70.9 Å². The number of carbonyl (C=O) groups is 2. The Morgan fingerprint density at radius 1 is 1.17 bits per heavy atom. The minimum absolute atomic E-state index is 0.0672. The van der Waals surface area contributed by atoms with Gasteiger partial charge >= 0.3 is 5.97 Å². The number of nitrogens with zero attached hydrogens (tertiary/aromatic N) is 5. The maximum atomic E-state index is 14.1. The smallest absolute Gasteiger partial charge is 0.306 e. The normalized spacial score (nSPS) is 14.4. The first-order valence-electron chi connectivity index (χ1n) is 12.9. The van der Waals surface area contributed by atoms with Crippen LogP contribution in [-0.2, 0) is 20.9 Å². The van der Waals surface area contributed by atoms with Crippen molar-refractivity contribution in [3.8, 4) is 5.69 Å². The molecule has 1 aromatic carbocycles. The van der Waals surface area contributed by atoms with Crippen LogP contribution in [0.2, 0.25) is 0 Å². The number of hydrogen-bond donors (Lipinski definition) is 0. The van der Waals surface area contributed by atoms with Crippen LogP contribution >= 0.6 is 0 Å². The van der Waals surface area contributed by atoms with Gasteiger partial charge in [-0.3, -0.25) is 9.59 Å². The number of amides is 1. The van der Waals surface area contributed by atoms with Crippen LogP contribution in [0, 0.1) is 18.7 Å². The van der Waals surface area contributed by atoms with Gasteiger partial charge < -0.3 is 19.4 Å². The van der Waals surface area contributed by atoms with E-state index in [4.69, 9.17) is 9.84 Å². The maximum Gasteiger partial charge on any atom is 0.306 e.